The average molecular weight is 257 g/mol. The lowest BCUT2D eigenvalue weighted by Crippen LogP contribution is -2.38. The predicted octanol–water partition coefficient (Wildman–Crippen LogP) is 2.30. The minimum atomic E-state index is 0.577. The van der Waals surface area contributed by atoms with Crippen molar-refractivity contribution < 1.29 is 4.84 Å². The first kappa shape index (κ1) is 11.3. The number of hydrogen-bond donors (Lipinski definition) is 2. The number of hydrogen-bond acceptors (Lipinski definition) is 3. The highest BCUT2D eigenvalue weighted by atomic mass is 16.6. The smallest absolute Gasteiger partial charge is 0.110 e. The maximum absolute atomic E-state index is 5.12. The molecule has 0 saturated carbocycles. The van der Waals surface area contributed by atoms with Crippen LogP contribution < -0.4 is 10.8 Å². The molecule has 1 aromatic carbocycles. The third kappa shape index (κ3) is 1.67. The van der Waals surface area contributed by atoms with E-state index in [-0.39, 0.29) is 0 Å². The van der Waals surface area contributed by atoms with Crippen LogP contribution in [-0.2, 0) is 11.3 Å². The molecule has 4 nitrogen and oxygen atoms in total. The minimum absolute atomic E-state index is 0.577. The Morgan fingerprint density at radius 1 is 1.32 bits per heavy atom. The molecule has 2 bridgehead atoms. The van der Waals surface area contributed by atoms with Crippen LogP contribution in [0.3, 0.4) is 0 Å². The highest BCUT2D eigenvalue weighted by molar-refractivity contribution is 5.91. The van der Waals surface area contributed by atoms with Crippen molar-refractivity contribution in [2.45, 2.75) is 25.2 Å². The molecule has 1 saturated heterocycles. The van der Waals surface area contributed by atoms with E-state index in [1.54, 1.807) is 5.56 Å². The Labute approximate surface area is 112 Å². The molecule has 100 valence electrons. The Kier molecular flexibility index (Phi) is 2.53. The zero-order valence-corrected chi connectivity index (χ0v) is 11.0. The third-order valence-corrected chi connectivity index (χ3v) is 4.61. The van der Waals surface area contributed by atoms with Crippen LogP contribution in [0.5, 0.6) is 0 Å². The standard InChI is InChI=1S/C15H19N3O/c16-19-8-5-10-1-2-13-12(9-10)14-11-3-6-18(7-4-11)15(14)17-13/h1-2,9,11,17H,3-8,16H2. The van der Waals surface area contributed by atoms with Gasteiger partial charge in [-0.25, -0.2) is 5.90 Å². The number of rotatable bonds is 3. The molecule has 3 N–H and O–H groups in total. The highest BCUT2D eigenvalue weighted by Crippen LogP contribution is 2.45. The molecular formula is C15H19N3O. The monoisotopic (exact) mass is 257 g/mol. The molecule has 3 aliphatic rings. The van der Waals surface area contributed by atoms with Crippen LogP contribution in [0.25, 0.3) is 10.9 Å². The number of aromatic amines is 1. The molecule has 0 spiro atoms. The number of piperidine rings is 1. The molecule has 3 aliphatic heterocycles. The summed E-state index contributed by atoms with van der Waals surface area (Å²) >= 11 is 0. The van der Waals surface area contributed by atoms with Gasteiger partial charge in [0.25, 0.3) is 0 Å². The first-order valence-corrected chi connectivity index (χ1v) is 7.08. The summed E-state index contributed by atoms with van der Waals surface area (Å²) in [6.07, 6.45) is 3.48. The van der Waals surface area contributed by atoms with Crippen LogP contribution in [-0.4, -0.2) is 24.7 Å². The fourth-order valence-electron chi connectivity index (χ4n) is 3.63. The lowest BCUT2D eigenvalue weighted by molar-refractivity contribution is 0.141. The summed E-state index contributed by atoms with van der Waals surface area (Å²) in [4.78, 5) is 10.8. The number of benzene rings is 1. The Bertz CT molecular complexity index is 611. The summed E-state index contributed by atoms with van der Waals surface area (Å²) < 4.78 is 0. The SMILES string of the molecule is NOCCc1ccc2[nH]c3c(c2c1)C1CCN3CC1. The second-order valence-corrected chi connectivity index (χ2v) is 5.65. The molecule has 0 aliphatic carbocycles. The molecule has 0 atom stereocenters. The molecule has 19 heavy (non-hydrogen) atoms. The summed E-state index contributed by atoms with van der Waals surface area (Å²) in [5, 5.41) is 1.40. The van der Waals surface area contributed by atoms with E-state index in [4.69, 9.17) is 5.90 Å². The molecular weight excluding hydrogens is 238 g/mol. The Morgan fingerprint density at radius 2 is 2.16 bits per heavy atom. The van der Waals surface area contributed by atoms with Gasteiger partial charge in [-0.15, -0.1) is 0 Å². The molecule has 4 heteroatoms. The van der Waals surface area contributed by atoms with Gasteiger partial charge in [0.15, 0.2) is 0 Å². The van der Waals surface area contributed by atoms with Crippen molar-refractivity contribution >= 4 is 16.7 Å². The summed E-state index contributed by atoms with van der Waals surface area (Å²) in [7, 11) is 0. The largest absolute Gasteiger partial charge is 0.358 e. The van der Waals surface area contributed by atoms with Crippen LogP contribution in [0.4, 0.5) is 5.82 Å². The summed E-state index contributed by atoms with van der Waals surface area (Å²) in [6, 6.07) is 6.67. The lowest BCUT2D eigenvalue weighted by Gasteiger charge is -2.40. The van der Waals surface area contributed by atoms with Gasteiger partial charge in [-0.05, 0) is 42.9 Å². The molecule has 2 aromatic rings. The molecule has 0 radical (unpaired) electrons. The van der Waals surface area contributed by atoms with Crippen molar-refractivity contribution in [1.29, 1.82) is 0 Å². The molecule has 1 aromatic heterocycles. The highest BCUT2D eigenvalue weighted by Gasteiger charge is 2.33. The number of H-pyrrole nitrogens is 1. The van der Waals surface area contributed by atoms with Gasteiger partial charge in [0, 0.05) is 29.6 Å². The Hall–Kier alpha value is -1.52. The van der Waals surface area contributed by atoms with Crippen LogP contribution in [0.15, 0.2) is 18.2 Å². The fourth-order valence-corrected chi connectivity index (χ4v) is 3.63. The van der Waals surface area contributed by atoms with Gasteiger partial charge in [-0.3, -0.25) is 0 Å². The van der Waals surface area contributed by atoms with E-state index in [1.165, 1.54) is 48.2 Å². The van der Waals surface area contributed by atoms with E-state index in [0.717, 1.165) is 12.3 Å². The van der Waals surface area contributed by atoms with Crippen LogP contribution in [0, 0.1) is 0 Å². The summed E-state index contributed by atoms with van der Waals surface area (Å²) in [5.41, 5.74) is 4.11. The van der Waals surface area contributed by atoms with Gasteiger partial charge in [0.1, 0.15) is 5.82 Å². The summed E-state index contributed by atoms with van der Waals surface area (Å²) in [6.45, 7) is 2.99. The number of nitrogens with zero attached hydrogens (tertiary/aromatic N) is 1. The van der Waals surface area contributed by atoms with Gasteiger partial charge < -0.3 is 14.7 Å². The molecule has 1 fully saturated rings. The van der Waals surface area contributed by atoms with Crippen molar-refractivity contribution in [2.24, 2.45) is 5.90 Å². The number of nitrogens with one attached hydrogen (secondary N) is 1. The second kappa shape index (κ2) is 4.25. The van der Waals surface area contributed by atoms with Crippen molar-refractivity contribution in [2.75, 3.05) is 24.6 Å². The maximum Gasteiger partial charge on any atom is 0.110 e. The van der Waals surface area contributed by atoms with E-state index < -0.39 is 0 Å². The Morgan fingerprint density at radius 3 is 2.95 bits per heavy atom. The second-order valence-electron chi connectivity index (χ2n) is 5.65. The van der Waals surface area contributed by atoms with Gasteiger partial charge in [-0.1, -0.05) is 6.07 Å². The van der Waals surface area contributed by atoms with Crippen molar-refractivity contribution in [1.82, 2.24) is 4.98 Å². The first-order chi connectivity index (χ1) is 9.36. The number of nitrogens with two attached hydrogens (primary N) is 1. The van der Waals surface area contributed by atoms with Crippen molar-refractivity contribution in [3.05, 3.63) is 29.3 Å². The quantitative estimate of drug-likeness (QED) is 0.830. The topological polar surface area (TPSA) is 54.3 Å². The molecule has 4 heterocycles. The van der Waals surface area contributed by atoms with Gasteiger partial charge in [0.05, 0.1) is 6.61 Å². The summed E-state index contributed by atoms with van der Waals surface area (Å²) in [5.74, 6) is 7.23. The minimum Gasteiger partial charge on any atom is -0.358 e. The van der Waals surface area contributed by atoms with E-state index in [2.05, 4.69) is 32.9 Å². The normalized spacial score (nSPS) is 18.3. The fraction of sp³-hybridized carbons (Fsp3) is 0.467. The van der Waals surface area contributed by atoms with Gasteiger partial charge in [0.2, 0.25) is 0 Å². The number of aromatic nitrogens is 1. The third-order valence-electron chi connectivity index (χ3n) is 4.61. The van der Waals surface area contributed by atoms with Gasteiger partial charge in [-0.2, -0.15) is 0 Å². The molecule has 0 unspecified atom stereocenters. The van der Waals surface area contributed by atoms with E-state index >= 15 is 0 Å². The van der Waals surface area contributed by atoms with Crippen molar-refractivity contribution in [3.8, 4) is 0 Å². The average Bonchev–Trinajstić information content (AvgIpc) is 2.87. The van der Waals surface area contributed by atoms with E-state index in [1.807, 2.05) is 0 Å². The van der Waals surface area contributed by atoms with Crippen LogP contribution in [0.1, 0.15) is 29.9 Å². The van der Waals surface area contributed by atoms with E-state index in [0.29, 0.717) is 6.61 Å². The molecule has 5 rings (SSSR count). The number of anilines is 1. The zero-order chi connectivity index (χ0) is 12.8. The van der Waals surface area contributed by atoms with Gasteiger partial charge >= 0.3 is 0 Å². The first-order valence-electron chi connectivity index (χ1n) is 7.08. The van der Waals surface area contributed by atoms with Crippen LogP contribution >= 0.6 is 0 Å². The maximum atomic E-state index is 5.12. The lowest BCUT2D eigenvalue weighted by atomic mass is 9.84. The van der Waals surface area contributed by atoms with E-state index in [9.17, 15) is 0 Å². The van der Waals surface area contributed by atoms with Crippen molar-refractivity contribution in [3.63, 3.8) is 0 Å². The Balaban J connectivity index is 1.83. The number of fused-ring (bicyclic) bond motifs is 3. The molecule has 0 amide bonds. The van der Waals surface area contributed by atoms with Crippen LogP contribution in [0.2, 0.25) is 0 Å². The zero-order valence-electron chi connectivity index (χ0n) is 11.0. The predicted molar refractivity (Wildman–Crippen MR) is 76.3 cm³/mol.